The van der Waals surface area contributed by atoms with Gasteiger partial charge in [-0.25, -0.2) is 9.07 Å². The smallest absolute Gasteiger partial charge is 0.276 e. The third kappa shape index (κ3) is 3.79. The molecule has 1 N–H and O–H groups in total. The van der Waals surface area contributed by atoms with Crippen molar-refractivity contribution in [3.05, 3.63) is 47.5 Å². The Kier molecular flexibility index (Phi) is 5.20. The predicted octanol–water partition coefficient (Wildman–Crippen LogP) is 2.00. The summed E-state index contributed by atoms with van der Waals surface area (Å²) in [5.74, 6) is -0.477. The van der Waals surface area contributed by atoms with Gasteiger partial charge < -0.3 is 10.2 Å². The van der Waals surface area contributed by atoms with Crippen LogP contribution in [0.15, 0.2) is 30.5 Å². The first kappa shape index (κ1) is 16.6. The molecular weight excluding hydrogens is 309 g/mol. The van der Waals surface area contributed by atoms with Crippen LogP contribution in [0, 0.1) is 5.82 Å². The van der Waals surface area contributed by atoms with Crippen LogP contribution in [0.1, 0.15) is 41.9 Å². The van der Waals surface area contributed by atoms with Crippen LogP contribution >= 0.6 is 0 Å². The Balaban J connectivity index is 1.70. The monoisotopic (exact) mass is 331 g/mol. The van der Waals surface area contributed by atoms with E-state index in [0.717, 1.165) is 31.5 Å². The van der Waals surface area contributed by atoms with Gasteiger partial charge in [0.1, 0.15) is 5.82 Å². The van der Waals surface area contributed by atoms with Gasteiger partial charge in [-0.1, -0.05) is 17.3 Å². The lowest BCUT2D eigenvalue weighted by atomic mass is 10.1. The van der Waals surface area contributed by atoms with Gasteiger partial charge in [0.05, 0.1) is 12.2 Å². The average molecular weight is 331 g/mol. The van der Waals surface area contributed by atoms with Crippen molar-refractivity contribution in [2.45, 2.75) is 32.4 Å². The SMILES string of the molecule is CCN(Cc1cccc(F)c1)C(=O)c1cn(C2CCNCC2)nn1. The number of carbonyl (C=O) groups excluding carboxylic acids is 1. The summed E-state index contributed by atoms with van der Waals surface area (Å²) in [7, 11) is 0. The second-order valence-electron chi connectivity index (χ2n) is 6.01. The molecule has 0 aliphatic carbocycles. The van der Waals surface area contributed by atoms with Crippen LogP contribution in [0.25, 0.3) is 0 Å². The molecule has 6 nitrogen and oxygen atoms in total. The molecule has 1 aliphatic rings. The molecule has 0 spiro atoms. The minimum atomic E-state index is -0.298. The van der Waals surface area contributed by atoms with Crippen molar-refractivity contribution in [1.82, 2.24) is 25.2 Å². The van der Waals surface area contributed by atoms with E-state index >= 15 is 0 Å². The van der Waals surface area contributed by atoms with Gasteiger partial charge in [-0.05, 0) is 50.6 Å². The van der Waals surface area contributed by atoms with Crippen LogP contribution in [-0.2, 0) is 6.54 Å². The highest BCUT2D eigenvalue weighted by molar-refractivity contribution is 5.91. The van der Waals surface area contributed by atoms with E-state index < -0.39 is 0 Å². The van der Waals surface area contributed by atoms with Gasteiger partial charge in [-0.2, -0.15) is 0 Å². The second kappa shape index (κ2) is 7.53. The first-order valence-electron chi connectivity index (χ1n) is 8.33. The van der Waals surface area contributed by atoms with Gasteiger partial charge in [-0.15, -0.1) is 5.10 Å². The zero-order valence-corrected chi connectivity index (χ0v) is 13.8. The highest BCUT2D eigenvalue weighted by atomic mass is 19.1. The fraction of sp³-hybridized carbons (Fsp3) is 0.471. The molecule has 1 fully saturated rings. The Morgan fingerprint density at radius 2 is 2.21 bits per heavy atom. The lowest BCUT2D eigenvalue weighted by Gasteiger charge is -2.22. The summed E-state index contributed by atoms with van der Waals surface area (Å²) in [6.07, 6.45) is 3.70. The Labute approximate surface area is 140 Å². The first-order valence-corrected chi connectivity index (χ1v) is 8.33. The largest absolute Gasteiger partial charge is 0.333 e. The number of benzene rings is 1. The molecule has 3 rings (SSSR count). The Morgan fingerprint density at radius 3 is 2.92 bits per heavy atom. The lowest BCUT2D eigenvalue weighted by molar-refractivity contribution is 0.0746. The molecule has 1 aromatic carbocycles. The quantitative estimate of drug-likeness (QED) is 0.910. The standard InChI is InChI=1S/C17H22FN5O/c1-2-22(11-13-4-3-5-14(18)10-13)17(24)16-12-23(21-20-16)15-6-8-19-9-7-15/h3-5,10,12,15,19H,2,6-9,11H2,1H3. The van der Waals surface area contributed by atoms with Crippen LogP contribution in [-0.4, -0.2) is 45.4 Å². The zero-order chi connectivity index (χ0) is 16.9. The highest BCUT2D eigenvalue weighted by Gasteiger charge is 2.21. The summed E-state index contributed by atoms with van der Waals surface area (Å²) >= 11 is 0. The molecule has 1 aromatic heterocycles. The number of piperidine rings is 1. The molecule has 0 atom stereocenters. The summed E-state index contributed by atoms with van der Waals surface area (Å²) in [6.45, 7) is 4.68. The number of aromatic nitrogens is 3. The molecule has 2 heterocycles. The maximum atomic E-state index is 13.3. The number of hydrogen-bond acceptors (Lipinski definition) is 4. The number of rotatable bonds is 5. The minimum absolute atomic E-state index is 0.179. The van der Waals surface area contributed by atoms with Crippen LogP contribution in [0.5, 0.6) is 0 Å². The number of nitrogens with zero attached hydrogens (tertiary/aromatic N) is 4. The van der Waals surface area contributed by atoms with Crippen LogP contribution in [0.2, 0.25) is 0 Å². The third-order valence-electron chi connectivity index (χ3n) is 4.34. The number of carbonyl (C=O) groups is 1. The van der Waals surface area contributed by atoms with E-state index in [1.54, 1.807) is 21.8 Å². The molecule has 1 aliphatic heterocycles. The molecule has 7 heteroatoms. The van der Waals surface area contributed by atoms with Crippen molar-refractivity contribution in [2.24, 2.45) is 0 Å². The molecule has 128 valence electrons. The maximum Gasteiger partial charge on any atom is 0.276 e. The highest BCUT2D eigenvalue weighted by Crippen LogP contribution is 2.18. The number of hydrogen-bond donors (Lipinski definition) is 1. The third-order valence-corrected chi connectivity index (χ3v) is 4.34. The summed E-state index contributed by atoms with van der Waals surface area (Å²) < 4.78 is 15.1. The molecule has 1 saturated heterocycles. The molecule has 24 heavy (non-hydrogen) atoms. The number of nitrogens with one attached hydrogen (secondary N) is 1. The van der Waals surface area contributed by atoms with Gasteiger partial charge in [0.2, 0.25) is 0 Å². The fourth-order valence-corrected chi connectivity index (χ4v) is 2.97. The van der Waals surface area contributed by atoms with E-state index in [0.29, 0.717) is 24.8 Å². The summed E-state index contributed by atoms with van der Waals surface area (Å²) in [5, 5.41) is 11.5. The second-order valence-corrected chi connectivity index (χ2v) is 6.01. The lowest BCUT2D eigenvalue weighted by Crippen LogP contribution is -2.31. The van der Waals surface area contributed by atoms with Crippen molar-refractivity contribution in [2.75, 3.05) is 19.6 Å². The van der Waals surface area contributed by atoms with Crippen molar-refractivity contribution >= 4 is 5.91 Å². The van der Waals surface area contributed by atoms with Gasteiger partial charge in [-0.3, -0.25) is 4.79 Å². The van der Waals surface area contributed by atoms with Gasteiger partial charge in [0.25, 0.3) is 5.91 Å². The van der Waals surface area contributed by atoms with Gasteiger partial charge in [0, 0.05) is 13.1 Å². The number of amides is 1. The maximum absolute atomic E-state index is 13.3. The Morgan fingerprint density at radius 1 is 1.42 bits per heavy atom. The molecule has 0 unspecified atom stereocenters. The van der Waals surface area contributed by atoms with Crippen molar-refractivity contribution in [1.29, 1.82) is 0 Å². The molecule has 0 bridgehead atoms. The Bertz CT molecular complexity index is 696. The summed E-state index contributed by atoms with van der Waals surface area (Å²) in [4.78, 5) is 14.3. The van der Waals surface area contributed by atoms with Crippen LogP contribution < -0.4 is 5.32 Å². The van der Waals surface area contributed by atoms with E-state index in [1.807, 2.05) is 13.0 Å². The molecule has 1 amide bonds. The summed E-state index contributed by atoms with van der Waals surface area (Å²) in [5.41, 5.74) is 1.10. The molecule has 0 radical (unpaired) electrons. The minimum Gasteiger partial charge on any atom is -0.333 e. The summed E-state index contributed by atoms with van der Waals surface area (Å²) in [6, 6.07) is 6.59. The molecule has 2 aromatic rings. The van der Waals surface area contributed by atoms with Gasteiger partial charge in [0.15, 0.2) is 5.69 Å². The average Bonchev–Trinajstić information content (AvgIpc) is 3.10. The van der Waals surface area contributed by atoms with Crippen molar-refractivity contribution < 1.29 is 9.18 Å². The van der Waals surface area contributed by atoms with E-state index in [9.17, 15) is 9.18 Å². The Hall–Kier alpha value is -2.28. The molecular formula is C17H22FN5O. The number of halogens is 1. The fourth-order valence-electron chi connectivity index (χ4n) is 2.97. The van der Waals surface area contributed by atoms with Crippen LogP contribution in [0.3, 0.4) is 0 Å². The van der Waals surface area contributed by atoms with E-state index in [2.05, 4.69) is 15.6 Å². The normalized spacial score (nSPS) is 15.4. The van der Waals surface area contributed by atoms with Gasteiger partial charge >= 0.3 is 0 Å². The van der Waals surface area contributed by atoms with Crippen molar-refractivity contribution in [3.63, 3.8) is 0 Å². The van der Waals surface area contributed by atoms with Crippen molar-refractivity contribution in [3.8, 4) is 0 Å². The zero-order valence-electron chi connectivity index (χ0n) is 13.8. The molecule has 0 saturated carbocycles. The van der Waals surface area contributed by atoms with E-state index in [4.69, 9.17) is 0 Å². The van der Waals surface area contributed by atoms with E-state index in [-0.39, 0.29) is 11.7 Å². The topological polar surface area (TPSA) is 63.1 Å². The predicted molar refractivity (Wildman–Crippen MR) is 88.0 cm³/mol. The first-order chi connectivity index (χ1) is 11.7. The van der Waals surface area contributed by atoms with E-state index in [1.165, 1.54) is 12.1 Å². The van der Waals surface area contributed by atoms with Crippen LogP contribution in [0.4, 0.5) is 4.39 Å².